The molecule has 1 heterocycles. The first kappa shape index (κ1) is 14.2. The average Bonchev–Trinajstić information content (AvgIpc) is 2.75. The zero-order chi connectivity index (χ0) is 14.7. The molecule has 3 amide bonds. The number of likely N-dealkylation sites (N-methyl/N-ethyl adjacent to an activating group) is 1. The van der Waals surface area contributed by atoms with Crippen LogP contribution in [0.25, 0.3) is 0 Å². The predicted molar refractivity (Wildman–Crippen MR) is 73.5 cm³/mol. The Morgan fingerprint density at radius 2 is 1.95 bits per heavy atom. The van der Waals surface area contributed by atoms with Crippen molar-refractivity contribution >= 4 is 17.7 Å². The minimum absolute atomic E-state index is 0.0773. The summed E-state index contributed by atoms with van der Waals surface area (Å²) < 4.78 is 0. The van der Waals surface area contributed by atoms with Crippen LogP contribution in [0.4, 0.5) is 0 Å². The van der Waals surface area contributed by atoms with E-state index in [-0.39, 0.29) is 30.7 Å². The lowest BCUT2D eigenvalue weighted by Gasteiger charge is -2.22. The molecule has 1 aromatic carbocycles. The molecule has 5 heteroatoms. The van der Waals surface area contributed by atoms with Gasteiger partial charge in [0.05, 0.1) is 13.0 Å². The van der Waals surface area contributed by atoms with E-state index in [1.165, 1.54) is 9.80 Å². The van der Waals surface area contributed by atoms with Crippen LogP contribution >= 0.6 is 0 Å². The Hall–Kier alpha value is -2.17. The van der Waals surface area contributed by atoms with Gasteiger partial charge < -0.3 is 4.90 Å². The Morgan fingerprint density at radius 3 is 2.55 bits per heavy atom. The van der Waals surface area contributed by atoms with E-state index in [9.17, 15) is 14.4 Å². The number of carbonyl (C=O) groups excluding carboxylic acids is 3. The van der Waals surface area contributed by atoms with Gasteiger partial charge in [0.15, 0.2) is 0 Å². The second-order valence-corrected chi connectivity index (χ2v) is 4.88. The molecule has 1 saturated heterocycles. The van der Waals surface area contributed by atoms with E-state index in [4.69, 9.17) is 0 Å². The van der Waals surface area contributed by atoms with Gasteiger partial charge in [-0.3, -0.25) is 19.3 Å². The molecule has 1 atom stereocenters. The van der Waals surface area contributed by atoms with E-state index < -0.39 is 6.04 Å². The van der Waals surface area contributed by atoms with Gasteiger partial charge in [-0.1, -0.05) is 37.3 Å². The normalized spacial score (nSPS) is 18.5. The van der Waals surface area contributed by atoms with Crippen molar-refractivity contribution in [2.24, 2.45) is 0 Å². The lowest BCUT2D eigenvalue weighted by Crippen LogP contribution is -2.42. The third-order valence-electron chi connectivity index (χ3n) is 3.57. The summed E-state index contributed by atoms with van der Waals surface area (Å²) in [4.78, 5) is 38.6. The number of hydrogen-bond donors (Lipinski definition) is 0. The van der Waals surface area contributed by atoms with Crippen LogP contribution in [0.5, 0.6) is 0 Å². The highest BCUT2D eigenvalue weighted by Crippen LogP contribution is 2.20. The number of nitrogens with zero attached hydrogens (tertiary/aromatic N) is 2. The van der Waals surface area contributed by atoms with Gasteiger partial charge in [-0.05, 0) is 5.56 Å². The third-order valence-corrected chi connectivity index (χ3v) is 3.57. The molecule has 2 rings (SSSR count). The third kappa shape index (κ3) is 2.71. The summed E-state index contributed by atoms with van der Waals surface area (Å²) in [6, 6.07) is 8.70. The highest BCUT2D eigenvalue weighted by molar-refractivity contribution is 6.06. The van der Waals surface area contributed by atoms with Crippen molar-refractivity contribution in [1.29, 1.82) is 0 Å². The van der Waals surface area contributed by atoms with Crippen molar-refractivity contribution in [3.63, 3.8) is 0 Å². The summed E-state index contributed by atoms with van der Waals surface area (Å²) in [6.07, 6.45) is 0.404. The van der Waals surface area contributed by atoms with Crippen LogP contribution in [0.15, 0.2) is 30.3 Å². The van der Waals surface area contributed by atoms with Gasteiger partial charge >= 0.3 is 0 Å². The molecule has 1 aliphatic rings. The molecule has 0 saturated carbocycles. The monoisotopic (exact) mass is 274 g/mol. The Kier molecular flexibility index (Phi) is 4.17. The Balaban J connectivity index is 2.11. The number of carbonyl (C=O) groups is 3. The average molecular weight is 274 g/mol. The van der Waals surface area contributed by atoms with Crippen molar-refractivity contribution in [2.45, 2.75) is 32.4 Å². The molecule has 106 valence electrons. The molecule has 0 unspecified atom stereocenters. The van der Waals surface area contributed by atoms with Gasteiger partial charge in [0.1, 0.15) is 6.04 Å². The second-order valence-electron chi connectivity index (χ2n) is 4.88. The minimum Gasteiger partial charge on any atom is -0.333 e. The molecule has 0 N–H and O–H groups in total. The van der Waals surface area contributed by atoms with Crippen LogP contribution in [0.2, 0.25) is 0 Å². The number of hydrogen-bond acceptors (Lipinski definition) is 3. The maximum atomic E-state index is 12.3. The second kappa shape index (κ2) is 5.86. The highest BCUT2D eigenvalue weighted by Gasteiger charge is 2.41. The zero-order valence-electron chi connectivity index (χ0n) is 11.7. The maximum absolute atomic E-state index is 12.3. The van der Waals surface area contributed by atoms with Crippen LogP contribution in [0, 0.1) is 0 Å². The van der Waals surface area contributed by atoms with Gasteiger partial charge in [-0.25, -0.2) is 0 Å². The Morgan fingerprint density at radius 1 is 1.30 bits per heavy atom. The first-order chi connectivity index (χ1) is 9.54. The van der Waals surface area contributed by atoms with Crippen LogP contribution in [-0.4, -0.2) is 40.6 Å². The largest absolute Gasteiger partial charge is 0.333 e. The number of rotatable bonds is 4. The number of imide groups is 1. The van der Waals surface area contributed by atoms with E-state index >= 15 is 0 Å². The summed E-state index contributed by atoms with van der Waals surface area (Å²) in [5.74, 6) is -0.638. The highest BCUT2D eigenvalue weighted by atomic mass is 16.2. The summed E-state index contributed by atoms with van der Waals surface area (Å²) in [6.45, 7) is 2.00. The molecule has 1 fully saturated rings. The van der Waals surface area contributed by atoms with Crippen molar-refractivity contribution < 1.29 is 14.4 Å². The van der Waals surface area contributed by atoms with Crippen LogP contribution in [-0.2, 0) is 20.9 Å². The maximum Gasteiger partial charge on any atom is 0.252 e. The fourth-order valence-electron chi connectivity index (χ4n) is 2.32. The summed E-state index contributed by atoms with van der Waals surface area (Å²) >= 11 is 0. The van der Waals surface area contributed by atoms with Gasteiger partial charge in [0.2, 0.25) is 11.8 Å². The Bertz CT molecular complexity index is 527. The van der Waals surface area contributed by atoms with Crippen LogP contribution < -0.4 is 0 Å². The van der Waals surface area contributed by atoms with Crippen molar-refractivity contribution in [3.05, 3.63) is 35.9 Å². The lowest BCUT2D eigenvalue weighted by molar-refractivity contribution is -0.143. The molecule has 0 radical (unpaired) electrons. The number of amides is 3. The van der Waals surface area contributed by atoms with E-state index in [0.717, 1.165) is 5.56 Å². The summed E-state index contributed by atoms with van der Waals surface area (Å²) in [5.41, 5.74) is 0.902. The van der Waals surface area contributed by atoms with Crippen molar-refractivity contribution in [2.75, 3.05) is 7.05 Å². The zero-order valence-corrected chi connectivity index (χ0v) is 11.7. The van der Waals surface area contributed by atoms with E-state index in [1.54, 1.807) is 14.0 Å². The summed E-state index contributed by atoms with van der Waals surface area (Å²) in [7, 11) is 1.58. The van der Waals surface area contributed by atoms with Crippen LogP contribution in [0.3, 0.4) is 0 Å². The lowest BCUT2D eigenvalue weighted by atomic mass is 10.2. The molecule has 0 aliphatic carbocycles. The molecular formula is C15H18N2O3. The molecule has 0 spiro atoms. The predicted octanol–water partition coefficient (Wildman–Crippen LogP) is 1.18. The van der Waals surface area contributed by atoms with Gasteiger partial charge in [0.25, 0.3) is 5.91 Å². The van der Waals surface area contributed by atoms with Crippen LogP contribution in [0.1, 0.15) is 25.3 Å². The summed E-state index contributed by atoms with van der Waals surface area (Å²) in [5, 5.41) is 0. The Labute approximate surface area is 118 Å². The standard InChI is InChI=1S/C15H18N2O3/c1-3-13(18)16(2)12-9-14(19)17(15(12)20)10-11-7-5-4-6-8-11/h4-8,12H,3,9-10H2,1-2H3/t12-/m0/s1. The molecule has 0 bridgehead atoms. The molecule has 5 nitrogen and oxygen atoms in total. The fourth-order valence-corrected chi connectivity index (χ4v) is 2.32. The SMILES string of the molecule is CCC(=O)N(C)[C@H]1CC(=O)N(Cc2ccccc2)C1=O. The minimum atomic E-state index is -0.654. The van der Waals surface area contributed by atoms with E-state index in [2.05, 4.69) is 0 Å². The van der Waals surface area contributed by atoms with E-state index in [1.807, 2.05) is 30.3 Å². The number of benzene rings is 1. The molecule has 20 heavy (non-hydrogen) atoms. The quantitative estimate of drug-likeness (QED) is 0.775. The van der Waals surface area contributed by atoms with Gasteiger partial charge in [0, 0.05) is 13.5 Å². The number of likely N-dealkylation sites (tertiary alicyclic amines) is 1. The smallest absolute Gasteiger partial charge is 0.252 e. The molecule has 0 aromatic heterocycles. The first-order valence-corrected chi connectivity index (χ1v) is 6.68. The molecular weight excluding hydrogens is 256 g/mol. The van der Waals surface area contributed by atoms with Crippen molar-refractivity contribution in [3.8, 4) is 0 Å². The van der Waals surface area contributed by atoms with Gasteiger partial charge in [-0.2, -0.15) is 0 Å². The topological polar surface area (TPSA) is 57.7 Å². The first-order valence-electron chi connectivity index (χ1n) is 6.68. The molecule has 1 aromatic rings. The van der Waals surface area contributed by atoms with Crippen molar-refractivity contribution in [1.82, 2.24) is 9.80 Å². The molecule has 1 aliphatic heterocycles. The van der Waals surface area contributed by atoms with E-state index in [0.29, 0.717) is 6.42 Å². The van der Waals surface area contributed by atoms with Gasteiger partial charge in [-0.15, -0.1) is 0 Å². The fraction of sp³-hybridized carbons (Fsp3) is 0.400.